The van der Waals surface area contributed by atoms with Gasteiger partial charge in [-0.15, -0.1) is 0 Å². The normalized spacial score (nSPS) is 30.6. The molecule has 2 fully saturated rings. The molecule has 0 amide bonds. The fourth-order valence-corrected chi connectivity index (χ4v) is 5.18. The minimum atomic E-state index is -3.49. The molecular formula is C15H19NO4S. The standard InChI is InChI=1S/C15H19NO4S/c17-21(18,16-13-8-10-1-2-11(13)7-10)12-3-4-14-15(9-12)20-6-5-19-14/h3-4,9-11,13,16H,1-2,5-8H2/t10-,11+,13+/m1/s1. The van der Waals surface area contributed by atoms with Crippen molar-refractivity contribution in [2.45, 2.75) is 36.6 Å². The molecule has 2 saturated carbocycles. The number of hydrogen-bond acceptors (Lipinski definition) is 4. The van der Waals surface area contributed by atoms with Gasteiger partial charge < -0.3 is 9.47 Å². The van der Waals surface area contributed by atoms with Crippen LogP contribution in [-0.2, 0) is 10.0 Å². The summed E-state index contributed by atoms with van der Waals surface area (Å²) in [5.74, 6) is 2.35. The Labute approximate surface area is 124 Å². The molecule has 0 radical (unpaired) electrons. The van der Waals surface area contributed by atoms with E-state index in [-0.39, 0.29) is 10.9 Å². The first kappa shape index (κ1) is 13.4. The lowest BCUT2D eigenvalue weighted by atomic mass is 9.96. The molecule has 6 heteroatoms. The Morgan fingerprint density at radius 3 is 2.57 bits per heavy atom. The van der Waals surface area contributed by atoms with Crippen LogP contribution in [0.5, 0.6) is 11.5 Å². The van der Waals surface area contributed by atoms with Gasteiger partial charge in [-0.05, 0) is 43.2 Å². The zero-order valence-corrected chi connectivity index (χ0v) is 12.6. The minimum Gasteiger partial charge on any atom is -0.486 e. The topological polar surface area (TPSA) is 64.6 Å². The van der Waals surface area contributed by atoms with Crippen molar-refractivity contribution in [3.05, 3.63) is 18.2 Å². The Morgan fingerprint density at radius 2 is 1.86 bits per heavy atom. The van der Waals surface area contributed by atoms with Gasteiger partial charge in [-0.1, -0.05) is 6.42 Å². The van der Waals surface area contributed by atoms with Gasteiger partial charge in [-0.25, -0.2) is 13.1 Å². The first-order valence-electron chi connectivity index (χ1n) is 7.54. The van der Waals surface area contributed by atoms with Crippen molar-refractivity contribution in [1.29, 1.82) is 0 Å². The molecule has 3 atom stereocenters. The van der Waals surface area contributed by atoms with Crippen molar-refractivity contribution < 1.29 is 17.9 Å². The zero-order chi connectivity index (χ0) is 14.4. The Bertz CT molecular complexity index is 658. The van der Waals surface area contributed by atoms with Gasteiger partial charge >= 0.3 is 0 Å². The summed E-state index contributed by atoms with van der Waals surface area (Å²) in [7, 11) is -3.49. The lowest BCUT2D eigenvalue weighted by Crippen LogP contribution is -2.38. The summed E-state index contributed by atoms with van der Waals surface area (Å²) in [5.41, 5.74) is 0. The van der Waals surface area contributed by atoms with E-state index in [1.165, 1.54) is 12.8 Å². The van der Waals surface area contributed by atoms with Crippen LogP contribution in [0.25, 0.3) is 0 Å². The van der Waals surface area contributed by atoms with Crippen LogP contribution in [0, 0.1) is 11.8 Å². The van der Waals surface area contributed by atoms with Crippen molar-refractivity contribution in [2.24, 2.45) is 11.8 Å². The number of nitrogens with one attached hydrogen (secondary N) is 1. The fourth-order valence-electron chi connectivity index (χ4n) is 3.85. The summed E-state index contributed by atoms with van der Waals surface area (Å²) in [4.78, 5) is 0.259. The summed E-state index contributed by atoms with van der Waals surface area (Å²) < 4.78 is 38.9. The first-order valence-corrected chi connectivity index (χ1v) is 9.02. The van der Waals surface area contributed by atoms with E-state index in [4.69, 9.17) is 9.47 Å². The van der Waals surface area contributed by atoms with Crippen LogP contribution in [0.3, 0.4) is 0 Å². The van der Waals surface area contributed by atoms with E-state index >= 15 is 0 Å². The van der Waals surface area contributed by atoms with E-state index in [0.717, 1.165) is 12.8 Å². The third-order valence-corrected chi connectivity index (χ3v) is 6.36. The Balaban J connectivity index is 1.57. The van der Waals surface area contributed by atoms with E-state index in [0.29, 0.717) is 36.5 Å². The molecule has 3 aliphatic rings. The minimum absolute atomic E-state index is 0.0990. The molecule has 1 heterocycles. The SMILES string of the molecule is O=S(=O)(N[C@H]1C[C@@H]2CC[C@H]1C2)c1ccc2c(c1)OCCO2. The maximum atomic E-state index is 12.5. The van der Waals surface area contributed by atoms with Crippen LogP contribution in [0.2, 0.25) is 0 Å². The molecule has 21 heavy (non-hydrogen) atoms. The van der Waals surface area contributed by atoms with Crippen LogP contribution in [0.15, 0.2) is 23.1 Å². The summed E-state index contributed by atoms with van der Waals surface area (Å²) >= 11 is 0. The Kier molecular flexibility index (Phi) is 3.11. The van der Waals surface area contributed by atoms with Gasteiger partial charge in [0.15, 0.2) is 11.5 Å². The van der Waals surface area contributed by atoms with Gasteiger partial charge in [0.05, 0.1) is 4.90 Å². The van der Waals surface area contributed by atoms with Gasteiger partial charge in [-0.3, -0.25) is 0 Å². The average Bonchev–Trinajstić information content (AvgIpc) is 3.09. The second kappa shape index (κ2) is 4.88. The average molecular weight is 309 g/mol. The molecule has 1 aromatic rings. The van der Waals surface area contributed by atoms with Crippen molar-refractivity contribution in [2.75, 3.05) is 13.2 Å². The molecule has 0 unspecified atom stereocenters. The summed E-state index contributed by atoms with van der Waals surface area (Å²) in [6.45, 7) is 0.957. The van der Waals surface area contributed by atoms with Crippen molar-refractivity contribution in [3.8, 4) is 11.5 Å². The second-order valence-electron chi connectivity index (χ2n) is 6.21. The van der Waals surface area contributed by atoms with Crippen LogP contribution >= 0.6 is 0 Å². The number of hydrogen-bond donors (Lipinski definition) is 1. The van der Waals surface area contributed by atoms with Gasteiger partial charge in [0, 0.05) is 12.1 Å². The predicted molar refractivity (Wildman–Crippen MR) is 77.0 cm³/mol. The lowest BCUT2D eigenvalue weighted by Gasteiger charge is -2.23. The summed E-state index contributed by atoms with van der Waals surface area (Å²) in [6, 6.07) is 4.92. The number of fused-ring (bicyclic) bond motifs is 3. The highest BCUT2D eigenvalue weighted by molar-refractivity contribution is 7.89. The molecule has 1 aromatic carbocycles. The van der Waals surface area contributed by atoms with Gasteiger partial charge in [0.25, 0.3) is 0 Å². The monoisotopic (exact) mass is 309 g/mol. The second-order valence-corrected chi connectivity index (χ2v) is 7.92. The molecule has 4 rings (SSSR count). The van der Waals surface area contributed by atoms with Crippen LogP contribution in [0.1, 0.15) is 25.7 Å². The molecular weight excluding hydrogens is 290 g/mol. The van der Waals surface area contributed by atoms with Crippen LogP contribution in [0.4, 0.5) is 0 Å². The third-order valence-electron chi connectivity index (χ3n) is 4.87. The maximum Gasteiger partial charge on any atom is 0.240 e. The van der Waals surface area contributed by atoms with E-state index < -0.39 is 10.0 Å². The summed E-state index contributed by atoms with van der Waals surface area (Å²) in [5, 5.41) is 0. The largest absolute Gasteiger partial charge is 0.486 e. The maximum absolute atomic E-state index is 12.5. The van der Waals surface area contributed by atoms with Crippen LogP contribution < -0.4 is 14.2 Å². The molecule has 1 aliphatic heterocycles. The fraction of sp³-hybridized carbons (Fsp3) is 0.600. The van der Waals surface area contributed by atoms with E-state index in [9.17, 15) is 8.42 Å². The molecule has 0 saturated heterocycles. The van der Waals surface area contributed by atoms with Gasteiger partial charge in [0.2, 0.25) is 10.0 Å². The number of rotatable bonds is 3. The van der Waals surface area contributed by atoms with Crippen molar-refractivity contribution >= 4 is 10.0 Å². The summed E-state index contributed by atoms with van der Waals surface area (Å²) in [6.07, 6.45) is 4.56. The highest BCUT2D eigenvalue weighted by atomic mass is 32.2. The first-order chi connectivity index (χ1) is 10.1. The van der Waals surface area contributed by atoms with E-state index in [1.807, 2.05) is 0 Å². The molecule has 2 bridgehead atoms. The van der Waals surface area contributed by atoms with Crippen molar-refractivity contribution in [1.82, 2.24) is 4.72 Å². The Hall–Kier alpha value is -1.27. The number of benzene rings is 1. The molecule has 2 aliphatic carbocycles. The predicted octanol–water partition coefficient (Wildman–Crippen LogP) is 1.92. The Morgan fingerprint density at radius 1 is 1.05 bits per heavy atom. The number of ether oxygens (including phenoxy) is 2. The molecule has 5 nitrogen and oxygen atoms in total. The van der Waals surface area contributed by atoms with E-state index in [2.05, 4.69) is 4.72 Å². The van der Waals surface area contributed by atoms with Gasteiger partial charge in [-0.2, -0.15) is 0 Å². The quantitative estimate of drug-likeness (QED) is 0.926. The van der Waals surface area contributed by atoms with E-state index in [1.54, 1.807) is 18.2 Å². The molecule has 0 spiro atoms. The van der Waals surface area contributed by atoms with Crippen molar-refractivity contribution in [3.63, 3.8) is 0 Å². The molecule has 114 valence electrons. The van der Waals surface area contributed by atoms with Crippen LogP contribution in [-0.4, -0.2) is 27.7 Å². The highest BCUT2D eigenvalue weighted by Gasteiger charge is 2.41. The van der Waals surface area contributed by atoms with Gasteiger partial charge in [0.1, 0.15) is 13.2 Å². The zero-order valence-electron chi connectivity index (χ0n) is 11.7. The molecule has 1 N–H and O–H groups in total. The highest BCUT2D eigenvalue weighted by Crippen LogP contribution is 2.45. The molecule has 0 aromatic heterocycles. The third kappa shape index (κ3) is 2.40. The smallest absolute Gasteiger partial charge is 0.240 e. The lowest BCUT2D eigenvalue weighted by molar-refractivity contribution is 0.171. The number of sulfonamides is 1.